The van der Waals surface area contributed by atoms with Crippen molar-refractivity contribution in [1.82, 2.24) is 24.8 Å². The smallest absolute Gasteiger partial charge is 0.274 e. The molecule has 7 nitrogen and oxygen atoms in total. The lowest BCUT2D eigenvalue weighted by atomic mass is 10.0. The quantitative estimate of drug-likeness (QED) is 0.926. The molecule has 0 atom stereocenters. The van der Waals surface area contributed by atoms with Gasteiger partial charge in [0.2, 0.25) is 0 Å². The van der Waals surface area contributed by atoms with Crippen LogP contribution in [0.4, 0.5) is 5.82 Å². The van der Waals surface area contributed by atoms with Gasteiger partial charge in [0.25, 0.3) is 5.91 Å². The Morgan fingerprint density at radius 2 is 2.00 bits per heavy atom. The van der Waals surface area contributed by atoms with Crippen LogP contribution in [0.2, 0.25) is 5.02 Å². The van der Waals surface area contributed by atoms with E-state index in [9.17, 15) is 4.79 Å². The number of aromatic nitrogens is 4. The number of likely N-dealkylation sites (tertiary alicyclic amines) is 1. The molecule has 0 aliphatic carbocycles. The minimum atomic E-state index is -0.0772. The van der Waals surface area contributed by atoms with E-state index in [1.165, 1.54) is 18.7 Å². The van der Waals surface area contributed by atoms with Crippen LogP contribution in [-0.2, 0) is 0 Å². The third-order valence-electron chi connectivity index (χ3n) is 3.57. The third-order valence-corrected chi connectivity index (χ3v) is 3.85. The molecule has 1 saturated heterocycles. The van der Waals surface area contributed by atoms with Gasteiger partial charge in [-0.3, -0.25) is 9.78 Å². The SMILES string of the molecule is O=C(c1cnccn1)N1CCC(Nc2ncncc2Cl)CC1. The molecule has 0 bridgehead atoms. The molecule has 8 heteroatoms. The van der Waals surface area contributed by atoms with E-state index in [0.29, 0.717) is 29.6 Å². The molecule has 0 aromatic carbocycles. The third kappa shape index (κ3) is 3.30. The van der Waals surface area contributed by atoms with Crippen molar-refractivity contribution in [3.05, 3.63) is 41.8 Å². The number of halogens is 1. The number of nitrogens with zero attached hydrogens (tertiary/aromatic N) is 5. The molecule has 3 heterocycles. The van der Waals surface area contributed by atoms with Crippen LogP contribution in [0.1, 0.15) is 23.3 Å². The lowest BCUT2D eigenvalue weighted by Crippen LogP contribution is -2.42. The number of carbonyl (C=O) groups excluding carboxylic acids is 1. The van der Waals surface area contributed by atoms with Gasteiger partial charge in [0, 0.05) is 31.5 Å². The lowest BCUT2D eigenvalue weighted by molar-refractivity contribution is 0.0712. The van der Waals surface area contributed by atoms with Crippen LogP contribution >= 0.6 is 11.6 Å². The van der Waals surface area contributed by atoms with Crippen molar-refractivity contribution in [1.29, 1.82) is 0 Å². The summed E-state index contributed by atoms with van der Waals surface area (Å²) >= 11 is 6.04. The number of nitrogens with one attached hydrogen (secondary N) is 1. The summed E-state index contributed by atoms with van der Waals surface area (Å²) < 4.78 is 0. The number of carbonyl (C=O) groups is 1. The average molecular weight is 319 g/mol. The molecule has 1 amide bonds. The first-order valence-corrected chi connectivity index (χ1v) is 7.39. The molecule has 0 spiro atoms. The molecule has 1 aliphatic rings. The van der Waals surface area contributed by atoms with Crippen LogP contribution < -0.4 is 5.32 Å². The van der Waals surface area contributed by atoms with Crippen LogP contribution in [0.15, 0.2) is 31.1 Å². The van der Waals surface area contributed by atoms with Crippen molar-refractivity contribution >= 4 is 23.3 Å². The maximum Gasteiger partial charge on any atom is 0.274 e. The fraction of sp³-hybridized carbons (Fsp3) is 0.357. The molecular formula is C14H15ClN6O. The van der Waals surface area contributed by atoms with Crippen LogP contribution in [0.3, 0.4) is 0 Å². The van der Waals surface area contributed by atoms with E-state index < -0.39 is 0 Å². The van der Waals surface area contributed by atoms with E-state index in [4.69, 9.17) is 11.6 Å². The Labute approximate surface area is 132 Å². The van der Waals surface area contributed by atoms with E-state index in [0.717, 1.165) is 12.8 Å². The van der Waals surface area contributed by atoms with Crippen LogP contribution in [0.25, 0.3) is 0 Å². The summed E-state index contributed by atoms with van der Waals surface area (Å²) in [6.45, 7) is 1.32. The molecule has 1 N–H and O–H groups in total. The maximum absolute atomic E-state index is 12.3. The fourth-order valence-corrected chi connectivity index (χ4v) is 2.57. The van der Waals surface area contributed by atoms with Gasteiger partial charge < -0.3 is 10.2 Å². The summed E-state index contributed by atoms with van der Waals surface area (Å²) in [5.74, 6) is 0.557. The van der Waals surface area contributed by atoms with Gasteiger partial charge in [0.15, 0.2) is 0 Å². The predicted octanol–water partition coefficient (Wildman–Crippen LogP) is 1.64. The molecule has 3 rings (SSSR count). The van der Waals surface area contributed by atoms with Crippen molar-refractivity contribution in [2.45, 2.75) is 18.9 Å². The van der Waals surface area contributed by atoms with Crippen LogP contribution in [0, 0.1) is 0 Å². The highest BCUT2D eigenvalue weighted by Gasteiger charge is 2.24. The van der Waals surface area contributed by atoms with Crippen LogP contribution in [0.5, 0.6) is 0 Å². The first kappa shape index (κ1) is 14.6. The molecule has 0 radical (unpaired) electrons. The summed E-state index contributed by atoms with van der Waals surface area (Å²) in [6.07, 6.45) is 9.24. The Kier molecular flexibility index (Phi) is 4.43. The van der Waals surface area contributed by atoms with Gasteiger partial charge in [-0.15, -0.1) is 0 Å². The molecule has 0 saturated carbocycles. The molecule has 114 valence electrons. The molecular weight excluding hydrogens is 304 g/mol. The minimum Gasteiger partial charge on any atom is -0.366 e. The number of hydrogen-bond acceptors (Lipinski definition) is 6. The highest BCUT2D eigenvalue weighted by Crippen LogP contribution is 2.21. The number of anilines is 1. The van der Waals surface area contributed by atoms with E-state index in [1.54, 1.807) is 17.3 Å². The highest BCUT2D eigenvalue weighted by atomic mass is 35.5. The first-order chi connectivity index (χ1) is 10.7. The normalized spacial score (nSPS) is 15.6. The summed E-state index contributed by atoms with van der Waals surface area (Å²) in [5, 5.41) is 3.80. The van der Waals surface area contributed by atoms with Gasteiger partial charge in [0.1, 0.15) is 22.9 Å². The average Bonchev–Trinajstić information content (AvgIpc) is 2.58. The standard InChI is InChI=1S/C14H15ClN6O/c15-11-7-17-9-19-13(11)20-10-1-5-21(6-2-10)14(22)12-8-16-3-4-18-12/h3-4,7-10H,1-2,5-6H2,(H,17,19,20). The Bertz CT molecular complexity index is 645. The maximum atomic E-state index is 12.3. The fourth-order valence-electron chi connectivity index (χ4n) is 2.41. The predicted molar refractivity (Wildman–Crippen MR) is 81.6 cm³/mol. The Hall–Kier alpha value is -2.28. The zero-order valence-electron chi connectivity index (χ0n) is 11.8. The minimum absolute atomic E-state index is 0.0772. The molecule has 22 heavy (non-hydrogen) atoms. The second-order valence-corrected chi connectivity index (χ2v) is 5.43. The summed E-state index contributed by atoms with van der Waals surface area (Å²) in [4.78, 5) is 30.0. The number of amides is 1. The molecule has 1 fully saturated rings. The molecule has 0 unspecified atom stereocenters. The monoisotopic (exact) mass is 318 g/mol. The van der Waals surface area contributed by atoms with Gasteiger partial charge in [-0.25, -0.2) is 15.0 Å². The Morgan fingerprint density at radius 3 is 2.68 bits per heavy atom. The number of hydrogen-bond donors (Lipinski definition) is 1. The van der Waals surface area contributed by atoms with Crippen molar-refractivity contribution in [2.75, 3.05) is 18.4 Å². The van der Waals surface area contributed by atoms with Gasteiger partial charge in [0.05, 0.1) is 12.4 Å². The summed E-state index contributed by atoms with van der Waals surface area (Å²) in [7, 11) is 0. The van der Waals surface area contributed by atoms with Crippen molar-refractivity contribution in [3.63, 3.8) is 0 Å². The second kappa shape index (κ2) is 6.65. The molecule has 2 aromatic rings. The van der Waals surface area contributed by atoms with Crippen molar-refractivity contribution in [3.8, 4) is 0 Å². The van der Waals surface area contributed by atoms with E-state index in [2.05, 4.69) is 25.3 Å². The van der Waals surface area contributed by atoms with Gasteiger partial charge in [-0.05, 0) is 12.8 Å². The van der Waals surface area contributed by atoms with Crippen molar-refractivity contribution in [2.24, 2.45) is 0 Å². The first-order valence-electron chi connectivity index (χ1n) is 7.01. The van der Waals surface area contributed by atoms with E-state index in [1.807, 2.05) is 0 Å². The van der Waals surface area contributed by atoms with E-state index >= 15 is 0 Å². The Balaban J connectivity index is 1.57. The Morgan fingerprint density at radius 1 is 1.18 bits per heavy atom. The zero-order valence-corrected chi connectivity index (χ0v) is 12.6. The zero-order chi connectivity index (χ0) is 15.4. The van der Waals surface area contributed by atoms with Crippen LogP contribution in [-0.4, -0.2) is 49.9 Å². The highest BCUT2D eigenvalue weighted by molar-refractivity contribution is 6.32. The van der Waals surface area contributed by atoms with Gasteiger partial charge in [-0.1, -0.05) is 11.6 Å². The molecule has 2 aromatic heterocycles. The van der Waals surface area contributed by atoms with Gasteiger partial charge in [-0.2, -0.15) is 0 Å². The topological polar surface area (TPSA) is 83.9 Å². The lowest BCUT2D eigenvalue weighted by Gasteiger charge is -2.32. The van der Waals surface area contributed by atoms with Gasteiger partial charge >= 0.3 is 0 Å². The molecule has 1 aliphatic heterocycles. The second-order valence-electron chi connectivity index (χ2n) is 5.02. The summed E-state index contributed by atoms with van der Waals surface area (Å²) in [5.41, 5.74) is 0.382. The summed E-state index contributed by atoms with van der Waals surface area (Å²) in [6, 6.07) is 0.235. The largest absolute Gasteiger partial charge is 0.366 e. The number of piperidine rings is 1. The van der Waals surface area contributed by atoms with E-state index in [-0.39, 0.29) is 11.9 Å². The van der Waals surface area contributed by atoms with Crippen molar-refractivity contribution < 1.29 is 4.79 Å². The number of rotatable bonds is 3.